The quantitative estimate of drug-likeness (QED) is 0.618. The maximum Gasteiger partial charge on any atom is 0.321 e. The number of rotatable bonds is 5. The predicted molar refractivity (Wildman–Crippen MR) is 97.5 cm³/mol. The van der Waals surface area contributed by atoms with Gasteiger partial charge in [0.1, 0.15) is 12.4 Å². The molecule has 0 aliphatic heterocycles. The lowest BCUT2D eigenvalue weighted by Crippen LogP contribution is -2.28. The normalized spacial score (nSPS) is 10.5. The number of fused-ring (bicyclic) bond motifs is 1. The summed E-state index contributed by atoms with van der Waals surface area (Å²) < 4.78 is 6.62. The second kappa shape index (κ2) is 7.18. The van der Waals surface area contributed by atoms with Crippen molar-refractivity contribution in [3.63, 3.8) is 0 Å². The van der Waals surface area contributed by atoms with Crippen LogP contribution in [0.4, 0.5) is 15.6 Å². The van der Waals surface area contributed by atoms with Crippen LogP contribution < -0.4 is 21.1 Å². The summed E-state index contributed by atoms with van der Waals surface area (Å²) in [6.07, 6.45) is 0. The number of thiazole rings is 1. The van der Waals surface area contributed by atoms with E-state index in [4.69, 9.17) is 10.5 Å². The number of urea groups is 1. The van der Waals surface area contributed by atoms with Crippen LogP contribution in [-0.4, -0.2) is 17.6 Å². The molecule has 2 amide bonds. The third kappa shape index (κ3) is 3.75. The van der Waals surface area contributed by atoms with E-state index in [2.05, 4.69) is 15.6 Å². The van der Waals surface area contributed by atoms with Crippen molar-refractivity contribution in [2.45, 2.75) is 13.5 Å². The number of hydrogen-bond acceptors (Lipinski definition) is 5. The molecular weight excluding hydrogens is 324 g/mol. The summed E-state index contributed by atoms with van der Waals surface area (Å²) in [5.74, 6) is 0.652. The molecule has 6 nitrogen and oxygen atoms in total. The summed E-state index contributed by atoms with van der Waals surface area (Å²) >= 11 is 1.34. The van der Waals surface area contributed by atoms with Gasteiger partial charge in [0.05, 0.1) is 15.9 Å². The molecular formula is C17H18N4O2S. The molecule has 0 unspecified atom stereocenters. The third-order valence-electron chi connectivity index (χ3n) is 3.30. The summed E-state index contributed by atoms with van der Waals surface area (Å²) in [6, 6.07) is 13.2. The van der Waals surface area contributed by atoms with Gasteiger partial charge in [-0.25, -0.2) is 9.78 Å². The number of ether oxygens (including phenoxy) is 1. The highest BCUT2D eigenvalue weighted by molar-refractivity contribution is 7.23. The Bertz CT molecular complexity index is 848. The fourth-order valence-electron chi connectivity index (χ4n) is 2.21. The first-order valence-corrected chi connectivity index (χ1v) is 8.39. The predicted octanol–water partition coefficient (Wildman–Crippen LogP) is 3.60. The zero-order chi connectivity index (χ0) is 16.9. The summed E-state index contributed by atoms with van der Waals surface area (Å²) in [6.45, 7) is 2.86. The first-order chi connectivity index (χ1) is 11.7. The largest absolute Gasteiger partial charge is 0.489 e. The van der Waals surface area contributed by atoms with E-state index in [-0.39, 0.29) is 6.03 Å². The van der Waals surface area contributed by atoms with Gasteiger partial charge < -0.3 is 15.8 Å². The van der Waals surface area contributed by atoms with E-state index in [0.29, 0.717) is 35.2 Å². The van der Waals surface area contributed by atoms with Gasteiger partial charge in [-0.05, 0) is 12.5 Å². The summed E-state index contributed by atoms with van der Waals surface area (Å²) in [5.41, 5.74) is 8.45. The first-order valence-electron chi connectivity index (χ1n) is 7.57. The molecule has 0 saturated heterocycles. The van der Waals surface area contributed by atoms with Crippen molar-refractivity contribution in [3.8, 4) is 5.75 Å². The van der Waals surface area contributed by atoms with E-state index in [1.807, 2.05) is 43.3 Å². The van der Waals surface area contributed by atoms with Gasteiger partial charge in [0.15, 0.2) is 5.13 Å². The number of benzene rings is 2. The summed E-state index contributed by atoms with van der Waals surface area (Å²) in [5, 5.41) is 5.86. The number of nitrogens with two attached hydrogens (primary N) is 1. The molecule has 7 heteroatoms. The monoisotopic (exact) mass is 342 g/mol. The number of nitrogen functional groups attached to an aromatic ring is 1. The third-order valence-corrected chi connectivity index (χ3v) is 4.33. The van der Waals surface area contributed by atoms with Gasteiger partial charge >= 0.3 is 6.03 Å². The fraction of sp³-hybridized carbons (Fsp3) is 0.176. The average molecular weight is 342 g/mol. The second-order valence-corrected chi connectivity index (χ2v) is 6.14. The van der Waals surface area contributed by atoms with E-state index in [1.54, 1.807) is 6.07 Å². The molecule has 0 aliphatic carbocycles. The van der Waals surface area contributed by atoms with Crippen molar-refractivity contribution in [2.24, 2.45) is 0 Å². The van der Waals surface area contributed by atoms with Crippen LogP contribution in [0.3, 0.4) is 0 Å². The van der Waals surface area contributed by atoms with E-state index >= 15 is 0 Å². The Morgan fingerprint density at radius 3 is 2.83 bits per heavy atom. The van der Waals surface area contributed by atoms with Crippen molar-refractivity contribution in [3.05, 3.63) is 48.0 Å². The topological polar surface area (TPSA) is 89.3 Å². The number of hydrogen-bond donors (Lipinski definition) is 3. The number of nitrogens with zero attached hydrogens (tertiary/aromatic N) is 1. The smallest absolute Gasteiger partial charge is 0.321 e. The number of carbonyl (C=O) groups excluding carboxylic acids is 1. The lowest BCUT2D eigenvalue weighted by molar-refractivity contribution is 0.252. The molecule has 0 spiro atoms. The number of carbonyl (C=O) groups is 1. The highest BCUT2D eigenvalue weighted by atomic mass is 32.1. The van der Waals surface area contributed by atoms with Crippen molar-refractivity contribution < 1.29 is 9.53 Å². The SMILES string of the molecule is CCNC(=O)Nc1nc2cc(OCc3ccccc3)cc(N)c2s1. The van der Waals surface area contributed by atoms with Crippen LogP contribution in [0.25, 0.3) is 10.2 Å². The van der Waals surface area contributed by atoms with Gasteiger partial charge in [-0.2, -0.15) is 0 Å². The number of nitrogens with one attached hydrogen (secondary N) is 2. The van der Waals surface area contributed by atoms with E-state index in [1.165, 1.54) is 11.3 Å². The minimum atomic E-state index is -0.282. The Kier molecular flexibility index (Phi) is 4.81. The van der Waals surface area contributed by atoms with Gasteiger partial charge in [-0.15, -0.1) is 0 Å². The molecule has 0 saturated carbocycles. The standard InChI is InChI=1S/C17H18N4O2S/c1-2-19-16(22)21-17-20-14-9-12(8-13(18)15(14)24-17)23-10-11-6-4-3-5-7-11/h3-9H,2,10,18H2,1H3,(H2,19,20,21,22). The Morgan fingerprint density at radius 2 is 2.08 bits per heavy atom. The number of amides is 2. The van der Waals surface area contributed by atoms with Crippen molar-refractivity contribution in [2.75, 3.05) is 17.6 Å². The Balaban J connectivity index is 1.77. The Hall–Kier alpha value is -2.80. The lowest BCUT2D eigenvalue weighted by Gasteiger charge is -2.07. The highest BCUT2D eigenvalue weighted by Gasteiger charge is 2.11. The first kappa shape index (κ1) is 16.1. The van der Waals surface area contributed by atoms with Crippen LogP contribution in [0.15, 0.2) is 42.5 Å². The minimum absolute atomic E-state index is 0.282. The lowest BCUT2D eigenvalue weighted by atomic mass is 10.2. The average Bonchev–Trinajstić information content (AvgIpc) is 2.97. The van der Waals surface area contributed by atoms with Crippen molar-refractivity contribution in [1.82, 2.24) is 10.3 Å². The zero-order valence-corrected chi connectivity index (χ0v) is 14.0. The molecule has 0 fully saturated rings. The van der Waals surface area contributed by atoms with E-state index < -0.39 is 0 Å². The molecule has 0 bridgehead atoms. The molecule has 4 N–H and O–H groups in total. The maximum atomic E-state index is 11.6. The molecule has 124 valence electrons. The van der Waals surface area contributed by atoms with Gasteiger partial charge in [-0.3, -0.25) is 5.32 Å². The molecule has 0 aliphatic rings. The van der Waals surface area contributed by atoms with Gasteiger partial charge in [-0.1, -0.05) is 41.7 Å². The van der Waals surface area contributed by atoms with E-state index in [9.17, 15) is 4.79 Å². The zero-order valence-electron chi connectivity index (χ0n) is 13.2. The van der Waals surface area contributed by atoms with Crippen LogP contribution in [-0.2, 0) is 6.61 Å². The molecule has 3 rings (SSSR count). The van der Waals surface area contributed by atoms with E-state index in [0.717, 1.165) is 10.3 Å². The Labute approximate surface area is 143 Å². The Morgan fingerprint density at radius 1 is 1.29 bits per heavy atom. The molecule has 0 radical (unpaired) electrons. The van der Waals surface area contributed by atoms with Crippen molar-refractivity contribution in [1.29, 1.82) is 0 Å². The molecule has 24 heavy (non-hydrogen) atoms. The van der Waals surface area contributed by atoms with Crippen molar-refractivity contribution >= 4 is 38.4 Å². The summed E-state index contributed by atoms with van der Waals surface area (Å²) in [7, 11) is 0. The van der Waals surface area contributed by atoms with Gasteiger partial charge in [0.25, 0.3) is 0 Å². The fourth-order valence-corrected chi connectivity index (χ4v) is 3.08. The van der Waals surface area contributed by atoms with Crippen LogP contribution in [0.5, 0.6) is 5.75 Å². The molecule has 1 heterocycles. The minimum Gasteiger partial charge on any atom is -0.489 e. The van der Waals surface area contributed by atoms with Gasteiger partial charge in [0.2, 0.25) is 0 Å². The van der Waals surface area contributed by atoms with Crippen LogP contribution in [0.1, 0.15) is 12.5 Å². The molecule has 2 aromatic carbocycles. The number of anilines is 2. The molecule has 0 atom stereocenters. The van der Waals surface area contributed by atoms with Crippen LogP contribution in [0, 0.1) is 0 Å². The number of aromatic nitrogens is 1. The highest BCUT2D eigenvalue weighted by Crippen LogP contribution is 2.34. The maximum absolute atomic E-state index is 11.6. The molecule has 1 aromatic heterocycles. The van der Waals surface area contributed by atoms with Gasteiger partial charge in [0, 0.05) is 18.7 Å². The van der Waals surface area contributed by atoms with Crippen LogP contribution in [0.2, 0.25) is 0 Å². The van der Waals surface area contributed by atoms with Crippen LogP contribution >= 0.6 is 11.3 Å². The summed E-state index contributed by atoms with van der Waals surface area (Å²) in [4.78, 5) is 16.0. The second-order valence-electron chi connectivity index (χ2n) is 5.14. The molecule has 3 aromatic rings.